The molecule has 0 aromatic heterocycles. The molecule has 0 unspecified atom stereocenters. The third-order valence-electron chi connectivity index (χ3n) is 7.45. The van der Waals surface area contributed by atoms with E-state index in [1.54, 1.807) is 0 Å². The minimum absolute atomic E-state index is 0. The molecular weight excluding hydrogens is 617 g/mol. The molecule has 250 valence electrons. The average Bonchev–Trinajstić information content (AvgIpc) is 2.96. The minimum atomic E-state index is -3.13. The van der Waals surface area contributed by atoms with Gasteiger partial charge in [0.25, 0.3) is 0 Å². The molecule has 12 N–H and O–H groups in total. The molecule has 0 aromatic carbocycles. The molecule has 0 aliphatic carbocycles. The van der Waals surface area contributed by atoms with Gasteiger partial charge in [0.2, 0.25) is 11.7 Å². The van der Waals surface area contributed by atoms with Gasteiger partial charge in [-0.15, -0.1) is 0 Å². The van der Waals surface area contributed by atoms with Crippen molar-refractivity contribution in [2.45, 2.75) is 111 Å². The molecule has 20 nitrogen and oxygen atoms in total. The standard InChI is InChI=1S/C23H39NO19.Na/c1-6(28)24-11-7(29)2-23(22(37)38,42-18(11)12(31)8(30)3-25)43-19-13(32)9(4-26)40-21(16(19)35)41-17-10(5-27)39-20(36)15(34)14(17)33;/h7-21,25-27,29-36H,2-5H2,1H3,(H,24,28)(H,37,38);/q;+1/p-1/t7-,8+,9+,10+,11+,12-,13-,14+,15+,16+,17+,18+,19-,20+,21-,23-;/m0./s1. The maximum Gasteiger partial charge on any atom is 1.00 e. The number of hydrogen-bond donors (Lipinski definition) is 12. The second kappa shape index (κ2) is 16.4. The molecule has 3 aliphatic heterocycles. The van der Waals surface area contributed by atoms with E-state index in [-0.39, 0.29) is 29.6 Å². The van der Waals surface area contributed by atoms with Crippen molar-refractivity contribution in [3.05, 3.63) is 0 Å². The molecule has 21 heteroatoms. The van der Waals surface area contributed by atoms with Gasteiger partial charge in [0, 0.05) is 13.3 Å². The van der Waals surface area contributed by atoms with Crippen LogP contribution in [0, 0.1) is 0 Å². The van der Waals surface area contributed by atoms with Gasteiger partial charge in [-0.3, -0.25) is 4.79 Å². The Hall–Kier alpha value is -0.700. The number of aliphatic hydroxyl groups excluding tert-OH is 11. The number of carboxylic acids is 1. The Kier molecular flexibility index (Phi) is 14.7. The number of aliphatic hydroxyl groups is 11. The Morgan fingerprint density at radius 1 is 0.932 bits per heavy atom. The van der Waals surface area contributed by atoms with E-state index < -0.39 is 136 Å². The Morgan fingerprint density at radius 3 is 2.07 bits per heavy atom. The summed E-state index contributed by atoms with van der Waals surface area (Å²) in [5, 5.41) is 127. The van der Waals surface area contributed by atoms with Gasteiger partial charge >= 0.3 is 29.6 Å². The van der Waals surface area contributed by atoms with Crippen molar-refractivity contribution in [1.82, 2.24) is 5.32 Å². The van der Waals surface area contributed by atoms with Crippen LogP contribution in [-0.2, 0) is 33.3 Å². The first-order chi connectivity index (χ1) is 20.1. The van der Waals surface area contributed by atoms with Crippen molar-refractivity contribution in [3.63, 3.8) is 0 Å². The number of hydrogen-bond acceptors (Lipinski definition) is 19. The Morgan fingerprint density at radius 2 is 1.55 bits per heavy atom. The summed E-state index contributed by atoms with van der Waals surface area (Å²) in [5.41, 5.74) is 0. The van der Waals surface area contributed by atoms with Crippen LogP contribution in [0.25, 0.3) is 0 Å². The molecule has 1 amide bonds. The van der Waals surface area contributed by atoms with Crippen LogP contribution in [0.2, 0.25) is 0 Å². The van der Waals surface area contributed by atoms with Gasteiger partial charge in [-0.25, -0.2) is 0 Å². The molecule has 0 radical (unpaired) electrons. The molecule has 3 fully saturated rings. The minimum Gasteiger partial charge on any atom is -0.544 e. The second-order valence-electron chi connectivity index (χ2n) is 10.5. The molecule has 3 saturated heterocycles. The van der Waals surface area contributed by atoms with E-state index in [2.05, 4.69) is 5.32 Å². The predicted molar refractivity (Wildman–Crippen MR) is 127 cm³/mol. The number of carboxylic acid groups (broad SMARTS) is 1. The zero-order valence-corrected chi connectivity index (χ0v) is 25.7. The zero-order chi connectivity index (χ0) is 32.4. The van der Waals surface area contributed by atoms with E-state index in [0.29, 0.717) is 0 Å². The fourth-order valence-electron chi connectivity index (χ4n) is 5.15. The zero-order valence-electron chi connectivity index (χ0n) is 23.7. The van der Waals surface area contributed by atoms with Crippen molar-refractivity contribution in [1.29, 1.82) is 0 Å². The Balaban J connectivity index is 0.00000675. The predicted octanol–water partition coefficient (Wildman–Crippen LogP) is -12.6. The van der Waals surface area contributed by atoms with Crippen molar-refractivity contribution >= 4 is 11.9 Å². The molecule has 44 heavy (non-hydrogen) atoms. The number of aliphatic carboxylic acids is 1. The number of amides is 1. The van der Waals surface area contributed by atoms with E-state index >= 15 is 0 Å². The smallest absolute Gasteiger partial charge is 0.544 e. The van der Waals surface area contributed by atoms with Gasteiger partial charge in [-0.1, -0.05) is 0 Å². The monoisotopic (exact) mass is 655 g/mol. The van der Waals surface area contributed by atoms with Gasteiger partial charge < -0.3 is 95.1 Å². The van der Waals surface area contributed by atoms with Crippen LogP contribution >= 0.6 is 0 Å². The molecular formula is C23H38NNaO19. The molecule has 16 atom stereocenters. The third-order valence-corrected chi connectivity index (χ3v) is 7.45. The van der Waals surface area contributed by atoms with Crippen LogP contribution in [0.15, 0.2) is 0 Å². The van der Waals surface area contributed by atoms with Crippen molar-refractivity contribution in [2.75, 3.05) is 19.8 Å². The maximum absolute atomic E-state index is 12.4. The number of rotatable bonds is 11. The van der Waals surface area contributed by atoms with Gasteiger partial charge in [-0.2, -0.15) is 0 Å². The summed E-state index contributed by atoms with van der Waals surface area (Å²) in [6, 6.07) is -1.57. The fraction of sp³-hybridized carbons (Fsp3) is 0.913. The van der Waals surface area contributed by atoms with Crippen molar-refractivity contribution in [2.24, 2.45) is 0 Å². The van der Waals surface area contributed by atoms with Gasteiger partial charge in [-0.05, 0) is 0 Å². The molecule has 0 aromatic rings. The van der Waals surface area contributed by atoms with E-state index in [9.17, 15) is 70.9 Å². The molecule has 0 saturated carbocycles. The van der Waals surface area contributed by atoms with Crippen LogP contribution in [0.3, 0.4) is 0 Å². The van der Waals surface area contributed by atoms with Crippen molar-refractivity contribution < 1.29 is 124 Å². The van der Waals surface area contributed by atoms with E-state index in [1.807, 2.05) is 0 Å². The quantitative estimate of drug-likeness (QED) is 0.0919. The summed E-state index contributed by atoms with van der Waals surface area (Å²) in [7, 11) is 0. The average molecular weight is 656 g/mol. The fourth-order valence-corrected chi connectivity index (χ4v) is 5.15. The molecule has 3 rings (SSSR count). The first-order valence-electron chi connectivity index (χ1n) is 13.2. The van der Waals surface area contributed by atoms with Crippen LogP contribution in [0.5, 0.6) is 0 Å². The maximum atomic E-state index is 12.4. The summed E-state index contributed by atoms with van der Waals surface area (Å²) in [5.74, 6) is -6.12. The van der Waals surface area contributed by atoms with Gasteiger partial charge in [0.15, 0.2) is 12.6 Å². The first kappa shape index (κ1) is 39.5. The first-order valence-corrected chi connectivity index (χ1v) is 13.2. The van der Waals surface area contributed by atoms with Crippen molar-refractivity contribution in [3.8, 4) is 0 Å². The van der Waals surface area contributed by atoms with Crippen LogP contribution in [0.4, 0.5) is 0 Å². The number of nitrogens with one attached hydrogen (secondary N) is 1. The summed E-state index contributed by atoms with van der Waals surface area (Å²) < 4.78 is 26.7. The molecule has 0 bridgehead atoms. The molecule has 3 heterocycles. The summed E-state index contributed by atoms with van der Waals surface area (Å²) in [6.07, 6.45) is -28.2. The van der Waals surface area contributed by atoms with E-state index in [1.165, 1.54) is 0 Å². The topological polar surface area (TPSA) is 338 Å². The van der Waals surface area contributed by atoms with E-state index in [4.69, 9.17) is 23.7 Å². The summed E-state index contributed by atoms with van der Waals surface area (Å²) in [4.78, 5) is 24.1. The number of ether oxygens (including phenoxy) is 5. The Bertz CT molecular complexity index is 949. The third kappa shape index (κ3) is 8.23. The van der Waals surface area contributed by atoms with Gasteiger partial charge in [0.05, 0.1) is 32.0 Å². The number of carbonyl (C=O) groups is 2. The largest absolute Gasteiger partial charge is 1.00 e. The van der Waals surface area contributed by atoms with Crippen LogP contribution < -0.4 is 40.0 Å². The summed E-state index contributed by atoms with van der Waals surface area (Å²) in [6.45, 7) is -1.90. The van der Waals surface area contributed by atoms with Crippen LogP contribution in [0.1, 0.15) is 13.3 Å². The molecule has 0 spiro atoms. The normalized spacial score (nSPS) is 44.2. The number of carbonyl (C=O) groups excluding carboxylic acids is 2. The van der Waals surface area contributed by atoms with E-state index in [0.717, 1.165) is 6.92 Å². The molecule has 3 aliphatic rings. The van der Waals surface area contributed by atoms with Gasteiger partial charge in [0.1, 0.15) is 73.1 Å². The Labute approximate surface area is 271 Å². The van der Waals surface area contributed by atoms with Crippen LogP contribution in [-0.4, -0.2) is 186 Å². The second-order valence-corrected chi connectivity index (χ2v) is 10.5. The SMILES string of the molecule is CC(=O)N[C@H]1[C@H]([C@@H](O)[C@H](O)CO)O[C@@](O[C@H]2[C@@H](O)[C@@H](CO)O[C@@H](O[C@H]3[C@H](O)[C@@H](O)[C@H](O)O[C@@H]3CO)[C@@H]2O)(C(=O)[O-])C[C@@H]1O.[Na+]. The summed E-state index contributed by atoms with van der Waals surface area (Å²) >= 11 is 0.